The van der Waals surface area contributed by atoms with E-state index >= 15 is 0 Å². The molecule has 0 saturated carbocycles. The van der Waals surface area contributed by atoms with E-state index in [2.05, 4.69) is 40.0 Å². The van der Waals surface area contributed by atoms with Gasteiger partial charge in [0.15, 0.2) is 5.78 Å². The van der Waals surface area contributed by atoms with Crippen LogP contribution in [0.4, 0.5) is 5.00 Å². The fourth-order valence-electron chi connectivity index (χ4n) is 5.59. The number of fused-ring (bicyclic) bond motifs is 1. The van der Waals surface area contributed by atoms with Gasteiger partial charge in [0.2, 0.25) is 0 Å². The Morgan fingerprint density at radius 1 is 1.03 bits per heavy atom. The first-order chi connectivity index (χ1) is 18.9. The molecule has 0 radical (unpaired) electrons. The van der Waals surface area contributed by atoms with E-state index in [1.165, 1.54) is 0 Å². The zero-order valence-electron chi connectivity index (χ0n) is 22.5. The van der Waals surface area contributed by atoms with E-state index in [1.807, 2.05) is 36.5 Å². The van der Waals surface area contributed by atoms with Crippen molar-refractivity contribution in [3.05, 3.63) is 58.6 Å². The number of rotatable bonds is 6. The van der Waals surface area contributed by atoms with Gasteiger partial charge in [-0.3, -0.25) is 19.5 Å². The third-order valence-electron chi connectivity index (χ3n) is 7.56. The lowest BCUT2D eigenvalue weighted by molar-refractivity contribution is 0.0371. The molecule has 0 aliphatic carbocycles. The third-order valence-corrected chi connectivity index (χ3v) is 8.86. The summed E-state index contributed by atoms with van der Waals surface area (Å²) in [6, 6.07) is 11.9. The first-order valence-corrected chi connectivity index (χ1v) is 14.4. The second kappa shape index (κ2) is 10.8. The van der Waals surface area contributed by atoms with Crippen LogP contribution in [-0.2, 0) is 15.9 Å². The van der Waals surface area contributed by atoms with Crippen LogP contribution in [0.3, 0.4) is 0 Å². The summed E-state index contributed by atoms with van der Waals surface area (Å²) in [4.78, 5) is 36.1. The molecule has 1 aromatic carbocycles. The Morgan fingerprint density at radius 3 is 2.54 bits per heavy atom. The Morgan fingerprint density at radius 2 is 1.77 bits per heavy atom. The second-order valence-electron chi connectivity index (χ2n) is 11.0. The molecule has 0 spiro atoms. The van der Waals surface area contributed by atoms with E-state index in [9.17, 15) is 9.59 Å². The van der Waals surface area contributed by atoms with Crippen LogP contribution in [0, 0.1) is 0 Å². The fourth-order valence-corrected chi connectivity index (χ4v) is 6.88. The lowest BCUT2D eigenvalue weighted by Crippen LogP contribution is -2.48. The standard InChI is InChI=1S/C30H34N4O4S/c1-30(2)18-23-26(29(34-10-14-38-15-11-34)39-27(23)28(36)32-30)22-6-7-31-24(17-22)20-4-3-5-21(16-20)25(35)19-33-8-12-37-13-9-33/h3-7,16-17H,8-15,18-19H2,1-2H3,(H,32,36). The highest BCUT2D eigenvalue weighted by atomic mass is 32.1. The highest BCUT2D eigenvalue weighted by Crippen LogP contribution is 2.46. The number of nitrogens with zero attached hydrogens (tertiary/aromatic N) is 3. The van der Waals surface area contributed by atoms with Crippen molar-refractivity contribution in [3.8, 4) is 22.4 Å². The molecule has 6 rings (SSSR count). The minimum absolute atomic E-state index is 0.00669. The maximum Gasteiger partial charge on any atom is 0.262 e. The van der Waals surface area contributed by atoms with Crippen molar-refractivity contribution >= 4 is 28.0 Å². The number of ether oxygens (including phenoxy) is 2. The molecule has 2 fully saturated rings. The predicted molar refractivity (Wildman–Crippen MR) is 153 cm³/mol. The van der Waals surface area contributed by atoms with E-state index < -0.39 is 0 Å². The van der Waals surface area contributed by atoms with Gasteiger partial charge in [-0.1, -0.05) is 18.2 Å². The fraction of sp³-hybridized carbons (Fsp3) is 0.433. The third kappa shape index (κ3) is 5.49. The highest BCUT2D eigenvalue weighted by Gasteiger charge is 2.36. The van der Waals surface area contributed by atoms with Gasteiger partial charge >= 0.3 is 0 Å². The summed E-state index contributed by atoms with van der Waals surface area (Å²) in [5.41, 5.74) is 5.32. The molecule has 9 heteroatoms. The minimum Gasteiger partial charge on any atom is -0.379 e. The van der Waals surface area contributed by atoms with Gasteiger partial charge in [0.25, 0.3) is 5.91 Å². The summed E-state index contributed by atoms with van der Waals surface area (Å²) in [6.45, 7) is 10.4. The number of hydrogen-bond donors (Lipinski definition) is 1. The largest absolute Gasteiger partial charge is 0.379 e. The first-order valence-electron chi connectivity index (χ1n) is 13.6. The summed E-state index contributed by atoms with van der Waals surface area (Å²) in [7, 11) is 0. The van der Waals surface area contributed by atoms with Crippen LogP contribution in [0.5, 0.6) is 0 Å². The van der Waals surface area contributed by atoms with Crippen molar-refractivity contribution in [3.63, 3.8) is 0 Å². The molecular formula is C30H34N4O4S. The molecule has 0 unspecified atom stereocenters. The zero-order valence-corrected chi connectivity index (χ0v) is 23.3. The molecule has 5 heterocycles. The molecule has 39 heavy (non-hydrogen) atoms. The smallest absolute Gasteiger partial charge is 0.262 e. The number of ketones is 1. The SMILES string of the molecule is CC1(C)Cc2c(sc(N3CCOCC3)c2-c2ccnc(-c3cccc(C(=O)CN4CCOCC4)c3)c2)C(=O)N1. The van der Waals surface area contributed by atoms with E-state index in [4.69, 9.17) is 9.47 Å². The first kappa shape index (κ1) is 26.1. The summed E-state index contributed by atoms with van der Waals surface area (Å²) < 4.78 is 11.0. The van der Waals surface area contributed by atoms with Crippen LogP contribution in [0.25, 0.3) is 22.4 Å². The molecule has 3 aromatic rings. The number of hydrogen-bond acceptors (Lipinski definition) is 8. The Hall–Kier alpha value is -3.11. The zero-order chi connectivity index (χ0) is 27.0. The van der Waals surface area contributed by atoms with Crippen LogP contribution >= 0.6 is 11.3 Å². The van der Waals surface area contributed by atoms with Gasteiger partial charge in [-0.25, -0.2) is 0 Å². The number of thiophene rings is 1. The van der Waals surface area contributed by atoms with Gasteiger partial charge in [-0.2, -0.15) is 0 Å². The molecule has 8 nitrogen and oxygen atoms in total. The van der Waals surface area contributed by atoms with Crippen molar-refractivity contribution in [2.24, 2.45) is 0 Å². The molecule has 1 N–H and O–H groups in total. The maximum absolute atomic E-state index is 13.1. The monoisotopic (exact) mass is 546 g/mol. The van der Waals surface area contributed by atoms with Crippen LogP contribution in [0.15, 0.2) is 42.6 Å². The molecule has 2 aromatic heterocycles. The lowest BCUT2D eigenvalue weighted by Gasteiger charge is -2.31. The van der Waals surface area contributed by atoms with Gasteiger partial charge < -0.3 is 19.7 Å². The summed E-state index contributed by atoms with van der Waals surface area (Å²) in [5, 5.41) is 4.28. The van der Waals surface area contributed by atoms with E-state index in [0.717, 1.165) is 70.4 Å². The van der Waals surface area contributed by atoms with Crippen LogP contribution in [0.1, 0.15) is 39.4 Å². The number of Topliss-reactive ketones (excluding diaryl/α,β-unsaturated/α-hetero) is 1. The van der Waals surface area contributed by atoms with Gasteiger partial charge in [0.05, 0.1) is 43.5 Å². The summed E-state index contributed by atoms with van der Waals surface area (Å²) >= 11 is 1.58. The molecule has 3 aliphatic heterocycles. The van der Waals surface area contributed by atoms with Crippen molar-refractivity contribution in [1.82, 2.24) is 15.2 Å². The molecular weight excluding hydrogens is 512 g/mol. The highest BCUT2D eigenvalue weighted by molar-refractivity contribution is 7.19. The van der Waals surface area contributed by atoms with Crippen molar-refractivity contribution in [2.45, 2.75) is 25.8 Å². The molecule has 0 atom stereocenters. The predicted octanol–water partition coefficient (Wildman–Crippen LogP) is 3.89. The Balaban J connectivity index is 1.36. The normalized spacial score (nSPS) is 19.4. The Bertz CT molecular complexity index is 1390. The molecule has 2 saturated heterocycles. The van der Waals surface area contributed by atoms with Gasteiger partial charge in [0, 0.05) is 54.6 Å². The van der Waals surface area contributed by atoms with Crippen molar-refractivity contribution in [1.29, 1.82) is 0 Å². The molecule has 1 amide bonds. The van der Waals surface area contributed by atoms with Gasteiger partial charge in [-0.15, -0.1) is 11.3 Å². The van der Waals surface area contributed by atoms with Crippen LogP contribution in [0.2, 0.25) is 0 Å². The molecule has 0 bridgehead atoms. The van der Waals surface area contributed by atoms with Crippen LogP contribution < -0.4 is 10.2 Å². The van der Waals surface area contributed by atoms with E-state index in [-0.39, 0.29) is 17.2 Å². The lowest BCUT2D eigenvalue weighted by atomic mass is 9.87. The number of morpholine rings is 2. The minimum atomic E-state index is -0.326. The van der Waals surface area contributed by atoms with Crippen LogP contribution in [-0.4, -0.2) is 86.3 Å². The topological polar surface area (TPSA) is 84.0 Å². The maximum atomic E-state index is 13.1. The summed E-state index contributed by atoms with van der Waals surface area (Å²) in [5.74, 6) is 0.0948. The number of amides is 1. The molecule has 3 aliphatic rings. The average Bonchev–Trinajstić information content (AvgIpc) is 3.33. The second-order valence-corrected chi connectivity index (χ2v) is 12.0. The van der Waals surface area contributed by atoms with E-state index in [1.54, 1.807) is 11.3 Å². The number of anilines is 1. The van der Waals surface area contributed by atoms with Gasteiger partial charge in [-0.05, 0) is 49.6 Å². The Labute approximate surface area is 232 Å². The van der Waals surface area contributed by atoms with Crippen molar-refractivity contribution in [2.75, 3.05) is 64.1 Å². The van der Waals surface area contributed by atoms with Crippen molar-refractivity contribution < 1.29 is 19.1 Å². The number of carbonyl (C=O) groups excluding carboxylic acids is 2. The molecule has 204 valence electrons. The van der Waals surface area contributed by atoms with Gasteiger partial charge in [0.1, 0.15) is 5.00 Å². The average molecular weight is 547 g/mol. The Kier molecular flexibility index (Phi) is 7.24. The number of carbonyl (C=O) groups is 2. The van der Waals surface area contributed by atoms with E-state index in [0.29, 0.717) is 38.5 Å². The quantitative estimate of drug-likeness (QED) is 0.470. The number of aromatic nitrogens is 1. The number of pyridine rings is 1. The number of benzene rings is 1. The number of nitrogens with one attached hydrogen (secondary N) is 1. The summed E-state index contributed by atoms with van der Waals surface area (Å²) in [6.07, 6.45) is 2.58.